The summed E-state index contributed by atoms with van der Waals surface area (Å²) in [6.45, 7) is 1.43. The Hall–Kier alpha value is -2.70. The molecule has 1 amide bonds. The third kappa shape index (κ3) is 3.55. The van der Waals surface area contributed by atoms with E-state index in [0.29, 0.717) is 12.1 Å². The van der Waals surface area contributed by atoms with Crippen molar-refractivity contribution in [3.05, 3.63) is 47.0 Å². The molecular weight excluding hydrogens is 325 g/mol. The molecule has 1 heterocycles. The van der Waals surface area contributed by atoms with Crippen LogP contribution < -0.4 is 5.73 Å². The Balaban J connectivity index is 2.02. The van der Waals surface area contributed by atoms with Crippen LogP contribution in [0, 0.1) is 5.82 Å². The van der Waals surface area contributed by atoms with Gasteiger partial charge >= 0.3 is 5.97 Å². The van der Waals surface area contributed by atoms with Crippen molar-refractivity contribution in [2.24, 2.45) is 5.73 Å². The average molecular weight is 345 g/mol. The lowest BCUT2D eigenvalue weighted by atomic mass is 10.1. The fourth-order valence-electron chi connectivity index (χ4n) is 3.01. The van der Waals surface area contributed by atoms with Crippen molar-refractivity contribution in [2.45, 2.75) is 45.1 Å². The molecule has 3 rings (SSSR count). The molecule has 0 unspecified atom stereocenters. The van der Waals surface area contributed by atoms with Gasteiger partial charge in [-0.3, -0.25) is 4.79 Å². The smallest absolute Gasteiger partial charge is 0.359 e. The zero-order valence-corrected chi connectivity index (χ0v) is 14.0. The Morgan fingerprint density at radius 3 is 2.56 bits per heavy atom. The highest BCUT2D eigenvalue weighted by molar-refractivity contribution is 5.92. The monoisotopic (exact) mass is 345 g/mol. The molecule has 0 bridgehead atoms. The SMILES string of the molecule is C[C@H](OC(=O)c1nn(-c2ccc(F)cc2)c2c1CCCCC2)C(N)=O. The number of benzene rings is 1. The van der Waals surface area contributed by atoms with Crippen LogP contribution in [0.25, 0.3) is 5.69 Å². The number of amides is 1. The minimum Gasteiger partial charge on any atom is -0.448 e. The zero-order valence-electron chi connectivity index (χ0n) is 14.0. The summed E-state index contributed by atoms with van der Waals surface area (Å²) in [5, 5.41) is 4.41. The summed E-state index contributed by atoms with van der Waals surface area (Å²) in [7, 11) is 0. The Morgan fingerprint density at radius 1 is 1.20 bits per heavy atom. The average Bonchev–Trinajstić information content (AvgIpc) is 2.77. The first kappa shape index (κ1) is 17.1. The highest BCUT2D eigenvalue weighted by atomic mass is 19.1. The van der Waals surface area contributed by atoms with Gasteiger partial charge in [0.15, 0.2) is 11.8 Å². The molecule has 6 nitrogen and oxygen atoms in total. The number of esters is 1. The summed E-state index contributed by atoms with van der Waals surface area (Å²) in [6.07, 6.45) is 3.47. The summed E-state index contributed by atoms with van der Waals surface area (Å²) in [5.41, 5.74) is 7.81. The molecule has 1 atom stereocenters. The zero-order chi connectivity index (χ0) is 18.0. The number of carbonyl (C=O) groups excluding carboxylic acids is 2. The molecular formula is C18H20FN3O3. The number of ether oxygens (including phenoxy) is 1. The highest BCUT2D eigenvalue weighted by Crippen LogP contribution is 2.27. The van der Waals surface area contributed by atoms with Crippen LogP contribution in [0.5, 0.6) is 0 Å². The quantitative estimate of drug-likeness (QED) is 0.680. The Labute approximate surface area is 144 Å². The van der Waals surface area contributed by atoms with Crippen molar-refractivity contribution < 1.29 is 18.7 Å². The Kier molecular flexibility index (Phi) is 4.83. The molecule has 2 N–H and O–H groups in total. The predicted molar refractivity (Wildman–Crippen MR) is 88.9 cm³/mol. The number of halogens is 1. The molecule has 25 heavy (non-hydrogen) atoms. The second-order valence-electron chi connectivity index (χ2n) is 6.17. The van der Waals surface area contributed by atoms with Crippen molar-refractivity contribution in [2.75, 3.05) is 0 Å². The van der Waals surface area contributed by atoms with Crippen LogP contribution >= 0.6 is 0 Å². The fourth-order valence-corrected chi connectivity index (χ4v) is 3.01. The van der Waals surface area contributed by atoms with Gasteiger partial charge in [0.2, 0.25) is 0 Å². The molecule has 0 radical (unpaired) electrons. The Morgan fingerprint density at radius 2 is 1.88 bits per heavy atom. The van der Waals surface area contributed by atoms with Gasteiger partial charge in [-0.15, -0.1) is 0 Å². The van der Waals surface area contributed by atoms with E-state index in [0.717, 1.165) is 36.9 Å². The lowest BCUT2D eigenvalue weighted by molar-refractivity contribution is -0.125. The lowest BCUT2D eigenvalue weighted by Gasteiger charge is -2.08. The van der Waals surface area contributed by atoms with Gasteiger partial charge < -0.3 is 10.5 Å². The van der Waals surface area contributed by atoms with Gasteiger partial charge in [0.1, 0.15) is 5.82 Å². The molecule has 1 aliphatic rings. The van der Waals surface area contributed by atoms with Crippen molar-refractivity contribution >= 4 is 11.9 Å². The molecule has 1 aromatic heterocycles. The van der Waals surface area contributed by atoms with Gasteiger partial charge in [-0.05, 0) is 56.9 Å². The molecule has 0 saturated carbocycles. The third-order valence-electron chi connectivity index (χ3n) is 4.38. The van der Waals surface area contributed by atoms with E-state index in [-0.39, 0.29) is 11.5 Å². The normalized spacial score (nSPS) is 15.1. The van der Waals surface area contributed by atoms with E-state index < -0.39 is 18.0 Å². The number of fused-ring (bicyclic) bond motifs is 1. The maximum absolute atomic E-state index is 13.2. The number of nitrogens with zero attached hydrogens (tertiary/aromatic N) is 2. The minimum atomic E-state index is -1.02. The molecule has 1 aromatic carbocycles. The van der Waals surface area contributed by atoms with Crippen molar-refractivity contribution in [1.82, 2.24) is 9.78 Å². The molecule has 0 aliphatic heterocycles. The van der Waals surface area contributed by atoms with Crippen molar-refractivity contribution in [3.8, 4) is 5.69 Å². The standard InChI is InChI=1S/C18H20FN3O3/c1-11(17(20)23)25-18(24)16-14-5-3-2-4-6-15(14)22(21-16)13-9-7-12(19)8-10-13/h7-11H,2-6H2,1H3,(H2,20,23)/t11-/m0/s1. The second-order valence-corrected chi connectivity index (χ2v) is 6.17. The first-order chi connectivity index (χ1) is 12.0. The lowest BCUT2D eigenvalue weighted by Crippen LogP contribution is -2.30. The molecule has 7 heteroatoms. The number of aromatic nitrogens is 2. The van der Waals surface area contributed by atoms with Crippen LogP contribution in [0.1, 0.15) is 47.9 Å². The van der Waals surface area contributed by atoms with Crippen LogP contribution in [0.4, 0.5) is 4.39 Å². The third-order valence-corrected chi connectivity index (χ3v) is 4.38. The maximum Gasteiger partial charge on any atom is 0.359 e. The number of rotatable bonds is 4. The maximum atomic E-state index is 13.2. The van der Waals surface area contributed by atoms with Crippen LogP contribution in [0.2, 0.25) is 0 Å². The number of carbonyl (C=O) groups is 2. The molecule has 0 fully saturated rings. The number of hydrogen-bond donors (Lipinski definition) is 1. The van der Waals surface area contributed by atoms with Crippen molar-refractivity contribution in [3.63, 3.8) is 0 Å². The van der Waals surface area contributed by atoms with E-state index >= 15 is 0 Å². The molecule has 0 saturated heterocycles. The van der Waals surface area contributed by atoms with Gasteiger partial charge in [0.25, 0.3) is 5.91 Å². The largest absolute Gasteiger partial charge is 0.448 e. The molecule has 132 valence electrons. The topological polar surface area (TPSA) is 87.2 Å². The first-order valence-electron chi connectivity index (χ1n) is 8.34. The van der Waals surface area contributed by atoms with Gasteiger partial charge in [-0.1, -0.05) is 6.42 Å². The number of nitrogens with two attached hydrogens (primary N) is 1. The molecule has 2 aromatic rings. The Bertz CT molecular complexity index is 799. The van der Waals surface area contributed by atoms with Crippen LogP contribution in [0.15, 0.2) is 24.3 Å². The van der Waals surface area contributed by atoms with E-state index in [4.69, 9.17) is 10.5 Å². The summed E-state index contributed by atoms with van der Waals surface area (Å²) in [6, 6.07) is 5.95. The predicted octanol–water partition coefficient (Wildman–Crippen LogP) is 2.31. The minimum absolute atomic E-state index is 0.203. The van der Waals surface area contributed by atoms with Crippen LogP contribution in [-0.2, 0) is 22.4 Å². The van der Waals surface area contributed by atoms with E-state index in [1.807, 2.05) is 0 Å². The number of primary amides is 1. The summed E-state index contributed by atoms with van der Waals surface area (Å²) in [5.74, 6) is -1.71. The first-order valence-corrected chi connectivity index (χ1v) is 8.34. The summed E-state index contributed by atoms with van der Waals surface area (Å²) < 4.78 is 20.0. The van der Waals surface area contributed by atoms with Crippen molar-refractivity contribution in [1.29, 1.82) is 0 Å². The fraction of sp³-hybridized carbons (Fsp3) is 0.389. The number of hydrogen-bond acceptors (Lipinski definition) is 4. The molecule has 1 aliphatic carbocycles. The summed E-state index contributed by atoms with van der Waals surface area (Å²) in [4.78, 5) is 23.6. The van der Waals surface area contributed by atoms with Gasteiger partial charge in [-0.25, -0.2) is 13.9 Å². The van der Waals surface area contributed by atoms with Gasteiger partial charge in [0, 0.05) is 11.3 Å². The van der Waals surface area contributed by atoms with E-state index in [9.17, 15) is 14.0 Å². The van der Waals surface area contributed by atoms with Gasteiger partial charge in [-0.2, -0.15) is 5.10 Å². The second kappa shape index (κ2) is 7.04. The van der Waals surface area contributed by atoms with E-state index in [2.05, 4.69) is 5.10 Å². The van der Waals surface area contributed by atoms with Crippen LogP contribution in [-0.4, -0.2) is 27.8 Å². The van der Waals surface area contributed by atoms with E-state index in [1.165, 1.54) is 19.1 Å². The summed E-state index contributed by atoms with van der Waals surface area (Å²) >= 11 is 0. The van der Waals surface area contributed by atoms with E-state index in [1.54, 1.807) is 16.8 Å². The highest BCUT2D eigenvalue weighted by Gasteiger charge is 2.27. The molecule has 0 spiro atoms. The van der Waals surface area contributed by atoms with Crippen LogP contribution in [0.3, 0.4) is 0 Å². The van der Waals surface area contributed by atoms with Gasteiger partial charge in [0.05, 0.1) is 5.69 Å².